The number of aryl methyl sites for hydroxylation is 1. The van der Waals surface area contributed by atoms with E-state index in [-0.39, 0.29) is 16.9 Å². The Morgan fingerprint density at radius 3 is 2.71 bits per heavy atom. The van der Waals surface area contributed by atoms with Gasteiger partial charge in [-0.25, -0.2) is 4.39 Å². The standard InChI is InChI=1S/C17H18BrClFN/c1-3-21-16(13-7-11(2)8-14(18)9-13)10-12-5-4-6-15(19)17(12)20/h4-9,16,21H,3,10H2,1-2H3. The van der Waals surface area contributed by atoms with Crippen LogP contribution in [0.15, 0.2) is 40.9 Å². The van der Waals surface area contributed by atoms with Gasteiger partial charge < -0.3 is 5.32 Å². The van der Waals surface area contributed by atoms with Gasteiger partial charge in [0.1, 0.15) is 5.82 Å². The van der Waals surface area contributed by atoms with Gasteiger partial charge in [-0.3, -0.25) is 0 Å². The van der Waals surface area contributed by atoms with Crippen LogP contribution < -0.4 is 5.32 Å². The fourth-order valence-electron chi connectivity index (χ4n) is 2.45. The summed E-state index contributed by atoms with van der Waals surface area (Å²) in [6, 6.07) is 11.5. The summed E-state index contributed by atoms with van der Waals surface area (Å²) >= 11 is 9.39. The van der Waals surface area contributed by atoms with Crippen molar-refractivity contribution in [2.75, 3.05) is 6.54 Å². The van der Waals surface area contributed by atoms with E-state index >= 15 is 0 Å². The lowest BCUT2D eigenvalue weighted by atomic mass is 9.97. The molecule has 1 N–H and O–H groups in total. The first kappa shape index (κ1) is 16.5. The van der Waals surface area contributed by atoms with Gasteiger partial charge in [0, 0.05) is 10.5 Å². The average Bonchev–Trinajstić information content (AvgIpc) is 2.42. The van der Waals surface area contributed by atoms with E-state index in [0.717, 1.165) is 16.6 Å². The van der Waals surface area contributed by atoms with Gasteiger partial charge in [-0.15, -0.1) is 0 Å². The second kappa shape index (κ2) is 7.39. The molecule has 0 spiro atoms. The first-order valence-corrected chi connectivity index (χ1v) is 8.11. The molecule has 0 aromatic heterocycles. The van der Waals surface area contributed by atoms with E-state index in [0.29, 0.717) is 12.0 Å². The van der Waals surface area contributed by atoms with Gasteiger partial charge in [-0.1, -0.05) is 52.7 Å². The number of halogens is 3. The molecule has 0 radical (unpaired) electrons. The summed E-state index contributed by atoms with van der Waals surface area (Å²) < 4.78 is 15.1. The van der Waals surface area contributed by atoms with Crippen molar-refractivity contribution in [3.63, 3.8) is 0 Å². The minimum Gasteiger partial charge on any atom is -0.310 e. The largest absolute Gasteiger partial charge is 0.310 e. The molecule has 0 amide bonds. The average molecular weight is 371 g/mol. The van der Waals surface area contributed by atoms with Crippen molar-refractivity contribution < 1.29 is 4.39 Å². The van der Waals surface area contributed by atoms with Gasteiger partial charge in [-0.2, -0.15) is 0 Å². The molecule has 2 rings (SSSR count). The summed E-state index contributed by atoms with van der Waals surface area (Å²) in [7, 11) is 0. The minimum atomic E-state index is -0.325. The van der Waals surface area contributed by atoms with Crippen molar-refractivity contribution in [3.05, 3.63) is 68.4 Å². The molecule has 2 aromatic rings. The van der Waals surface area contributed by atoms with Gasteiger partial charge >= 0.3 is 0 Å². The minimum absolute atomic E-state index is 0.0548. The molecular weight excluding hydrogens is 353 g/mol. The Balaban J connectivity index is 2.32. The van der Waals surface area contributed by atoms with Crippen LogP contribution in [0, 0.1) is 12.7 Å². The highest BCUT2D eigenvalue weighted by Gasteiger charge is 2.15. The molecule has 1 atom stereocenters. The molecule has 0 aliphatic rings. The summed E-state index contributed by atoms with van der Waals surface area (Å²) in [6.45, 7) is 4.92. The maximum Gasteiger partial charge on any atom is 0.145 e. The summed E-state index contributed by atoms with van der Waals surface area (Å²) in [6.07, 6.45) is 0.566. The molecule has 112 valence electrons. The normalized spacial score (nSPS) is 12.4. The summed E-state index contributed by atoms with van der Waals surface area (Å²) in [4.78, 5) is 0. The van der Waals surface area contributed by atoms with Gasteiger partial charge in [-0.05, 0) is 54.8 Å². The molecule has 1 unspecified atom stereocenters. The third-order valence-corrected chi connectivity index (χ3v) is 4.12. The zero-order valence-electron chi connectivity index (χ0n) is 12.1. The van der Waals surface area contributed by atoms with Gasteiger partial charge in [0.15, 0.2) is 0 Å². The highest BCUT2D eigenvalue weighted by molar-refractivity contribution is 9.10. The number of benzene rings is 2. The van der Waals surface area contributed by atoms with E-state index in [1.807, 2.05) is 6.92 Å². The Bertz CT molecular complexity index is 610. The Morgan fingerprint density at radius 1 is 1.29 bits per heavy atom. The van der Waals surface area contributed by atoms with Crippen LogP contribution >= 0.6 is 27.5 Å². The molecule has 0 fully saturated rings. The van der Waals surface area contributed by atoms with Gasteiger partial charge in [0.25, 0.3) is 0 Å². The maximum atomic E-state index is 14.1. The van der Waals surface area contributed by atoms with Crippen molar-refractivity contribution in [1.29, 1.82) is 0 Å². The van der Waals surface area contributed by atoms with Crippen molar-refractivity contribution in [3.8, 4) is 0 Å². The number of hydrogen-bond acceptors (Lipinski definition) is 1. The second-order valence-corrected chi connectivity index (χ2v) is 6.41. The summed E-state index contributed by atoms with van der Waals surface area (Å²) in [5.74, 6) is -0.325. The fourth-order valence-corrected chi connectivity index (χ4v) is 3.27. The van der Waals surface area contributed by atoms with Crippen LogP contribution in [-0.2, 0) is 6.42 Å². The van der Waals surface area contributed by atoms with Crippen molar-refractivity contribution >= 4 is 27.5 Å². The smallest absolute Gasteiger partial charge is 0.145 e. The van der Waals surface area contributed by atoms with Gasteiger partial charge in [0.05, 0.1) is 5.02 Å². The lowest BCUT2D eigenvalue weighted by Gasteiger charge is -2.20. The van der Waals surface area contributed by atoms with Crippen LogP contribution in [0.25, 0.3) is 0 Å². The van der Waals surface area contributed by atoms with Crippen molar-refractivity contribution in [2.45, 2.75) is 26.3 Å². The van der Waals surface area contributed by atoms with Crippen LogP contribution in [0.2, 0.25) is 5.02 Å². The van der Waals surface area contributed by atoms with E-state index in [9.17, 15) is 4.39 Å². The van der Waals surface area contributed by atoms with E-state index < -0.39 is 0 Å². The summed E-state index contributed by atoms with van der Waals surface area (Å²) in [5.41, 5.74) is 2.95. The monoisotopic (exact) mass is 369 g/mol. The van der Waals surface area contributed by atoms with Crippen LogP contribution in [0.3, 0.4) is 0 Å². The fraction of sp³-hybridized carbons (Fsp3) is 0.294. The maximum absolute atomic E-state index is 14.1. The summed E-state index contributed by atoms with van der Waals surface area (Å²) in [5, 5.41) is 3.59. The van der Waals surface area contributed by atoms with Crippen LogP contribution in [0.1, 0.15) is 29.7 Å². The van der Waals surface area contributed by atoms with E-state index in [1.165, 1.54) is 5.56 Å². The zero-order chi connectivity index (χ0) is 15.4. The lowest BCUT2D eigenvalue weighted by Crippen LogP contribution is -2.23. The zero-order valence-corrected chi connectivity index (χ0v) is 14.4. The number of likely N-dealkylation sites (N-methyl/N-ethyl adjacent to an activating group) is 1. The quantitative estimate of drug-likeness (QED) is 0.738. The molecule has 0 aliphatic heterocycles. The second-order valence-electron chi connectivity index (χ2n) is 5.09. The molecule has 2 aromatic carbocycles. The van der Waals surface area contributed by atoms with Gasteiger partial charge in [0.2, 0.25) is 0 Å². The van der Waals surface area contributed by atoms with Crippen molar-refractivity contribution in [1.82, 2.24) is 5.32 Å². The van der Waals surface area contributed by atoms with Crippen LogP contribution in [0.4, 0.5) is 4.39 Å². The number of rotatable bonds is 5. The molecule has 0 aliphatic carbocycles. The van der Waals surface area contributed by atoms with Crippen LogP contribution in [-0.4, -0.2) is 6.54 Å². The predicted octanol–water partition coefficient (Wildman–Crippen LogP) is 5.44. The lowest BCUT2D eigenvalue weighted by molar-refractivity contribution is 0.528. The molecule has 0 heterocycles. The number of hydrogen-bond donors (Lipinski definition) is 1. The first-order valence-electron chi connectivity index (χ1n) is 6.94. The van der Waals surface area contributed by atoms with Crippen molar-refractivity contribution in [2.24, 2.45) is 0 Å². The number of nitrogens with one attached hydrogen (secondary N) is 1. The third-order valence-electron chi connectivity index (χ3n) is 3.37. The van der Waals surface area contributed by atoms with E-state index in [1.54, 1.807) is 18.2 Å². The first-order chi connectivity index (χ1) is 10.0. The topological polar surface area (TPSA) is 12.0 Å². The van der Waals surface area contributed by atoms with E-state index in [4.69, 9.17) is 11.6 Å². The SMILES string of the molecule is CCNC(Cc1cccc(Cl)c1F)c1cc(C)cc(Br)c1. The highest BCUT2D eigenvalue weighted by Crippen LogP contribution is 2.26. The van der Waals surface area contributed by atoms with E-state index in [2.05, 4.69) is 46.4 Å². The third kappa shape index (κ3) is 4.29. The molecule has 0 bridgehead atoms. The molecule has 21 heavy (non-hydrogen) atoms. The Hall–Kier alpha value is -0.900. The molecule has 1 nitrogen and oxygen atoms in total. The molecule has 0 saturated carbocycles. The Morgan fingerprint density at radius 2 is 2.05 bits per heavy atom. The predicted molar refractivity (Wildman–Crippen MR) is 90.4 cm³/mol. The van der Waals surface area contributed by atoms with Crippen LogP contribution in [0.5, 0.6) is 0 Å². The highest BCUT2D eigenvalue weighted by atomic mass is 79.9. The Labute approximate surface area is 138 Å². The molecule has 4 heteroatoms. The molecule has 0 saturated heterocycles. The Kier molecular flexibility index (Phi) is 5.80. The molecular formula is C17H18BrClFN.